The van der Waals surface area contributed by atoms with Gasteiger partial charge in [0.2, 0.25) is 5.91 Å². The molecule has 56 valence electrons. The summed E-state index contributed by atoms with van der Waals surface area (Å²) in [6, 6.07) is 0. The lowest BCUT2D eigenvalue weighted by molar-refractivity contribution is -0.118. The summed E-state index contributed by atoms with van der Waals surface area (Å²) in [7, 11) is 1.54. The lowest BCUT2D eigenvalue weighted by Gasteiger charge is -2.02. The smallest absolute Gasteiger partial charge is 0.231 e. The number of carbonyl (C=O) groups is 1. The summed E-state index contributed by atoms with van der Waals surface area (Å²) in [5.41, 5.74) is 5.17. The molecule has 0 aromatic heterocycles. The van der Waals surface area contributed by atoms with Crippen molar-refractivity contribution >= 4 is 17.8 Å². The maximum absolute atomic E-state index is 10.5. The van der Waals surface area contributed by atoms with Crippen molar-refractivity contribution in [1.82, 2.24) is 0 Å². The molecule has 0 saturated heterocycles. The molecule has 0 rings (SSSR count). The highest BCUT2D eigenvalue weighted by molar-refractivity contribution is 6.13. The summed E-state index contributed by atoms with van der Waals surface area (Å²) in [4.78, 5) is 14.1. The first-order valence-corrected chi connectivity index (χ1v) is 2.86. The Balaban J connectivity index is 4.27. The van der Waals surface area contributed by atoms with E-state index in [1.54, 1.807) is 7.05 Å². The number of primary amides is 1. The van der Waals surface area contributed by atoms with Crippen molar-refractivity contribution in [3.05, 3.63) is 0 Å². The fourth-order valence-electron chi connectivity index (χ4n) is 0.548. The molecule has 0 fully saturated rings. The standard InChI is InChI=1S/C6H11N3O/c1-4(7)5(3-9-2)6(8)10/h3,5,7H,1-2H3,(H2,8,10). The third-order valence-electron chi connectivity index (χ3n) is 1.07. The van der Waals surface area contributed by atoms with E-state index in [1.807, 2.05) is 0 Å². The minimum Gasteiger partial charge on any atom is -0.369 e. The quantitative estimate of drug-likeness (QED) is 0.526. The van der Waals surface area contributed by atoms with Crippen molar-refractivity contribution in [1.29, 1.82) is 5.41 Å². The van der Waals surface area contributed by atoms with Crippen LogP contribution in [0.2, 0.25) is 0 Å². The topological polar surface area (TPSA) is 79.3 Å². The van der Waals surface area contributed by atoms with Gasteiger partial charge in [0, 0.05) is 19.0 Å². The average molecular weight is 141 g/mol. The lowest BCUT2D eigenvalue weighted by Crippen LogP contribution is -2.29. The van der Waals surface area contributed by atoms with Gasteiger partial charge in [-0.1, -0.05) is 0 Å². The molecule has 0 aromatic carbocycles. The predicted molar refractivity (Wildman–Crippen MR) is 40.5 cm³/mol. The first-order chi connectivity index (χ1) is 4.59. The van der Waals surface area contributed by atoms with Crippen molar-refractivity contribution in [3.8, 4) is 0 Å². The zero-order valence-corrected chi connectivity index (χ0v) is 6.09. The number of aliphatic imine (C=N–C) groups is 1. The Morgan fingerprint density at radius 1 is 1.80 bits per heavy atom. The number of carbonyl (C=O) groups excluding carboxylic acids is 1. The molecular weight excluding hydrogens is 130 g/mol. The number of nitrogens with one attached hydrogen (secondary N) is 1. The minimum absolute atomic E-state index is 0.220. The summed E-state index contributed by atoms with van der Waals surface area (Å²) in [5.74, 6) is -1.16. The highest BCUT2D eigenvalue weighted by Gasteiger charge is 2.13. The summed E-state index contributed by atoms with van der Waals surface area (Å²) < 4.78 is 0. The number of nitrogens with two attached hydrogens (primary N) is 1. The van der Waals surface area contributed by atoms with E-state index >= 15 is 0 Å². The van der Waals surface area contributed by atoms with Gasteiger partial charge in [-0.2, -0.15) is 0 Å². The Morgan fingerprint density at radius 3 is 2.40 bits per heavy atom. The second-order valence-electron chi connectivity index (χ2n) is 1.97. The normalized spacial score (nSPS) is 13.4. The second-order valence-corrected chi connectivity index (χ2v) is 1.97. The van der Waals surface area contributed by atoms with Crippen molar-refractivity contribution in [2.24, 2.45) is 16.6 Å². The van der Waals surface area contributed by atoms with Gasteiger partial charge in [0.1, 0.15) is 5.92 Å². The number of nitrogens with zero attached hydrogens (tertiary/aromatic N) is 1. The molecule has 0 aliphatic rings. The Bertz CT molecular complexity index is 160. The van der Waals surface area contributed by atoms with Crippen LogP contribution in [0.25, 0.3) is 0 Å². The first kappa shape index (κ1) is 8.81. The zero-order chi connectivity index (χ0) is 8.15. The molecule has 4 nitrogen and oxygen atoms in total. The lowest BCUT2D eigenvalue weighted by atomic mass is 10.1. The number of hydrogen-bond acceptors (Lipinski definition) is 3. The van der Waals surface area contributed by atoms with E-state index in [2.05, 4.69) is 4.99 Å². The van der Waals surface area contributed by atoms with Crippen LogP contribution in [0.3, 0.4) is 0 Å². The van der Waals surface area contributed by atoms with Crippen LogP contribution in [0.5, 0.6) is 0 Å². The van der Waals surface area contributed by atoms with Crippen LogP contribution in [0.1, 0.15) is 6.92 Å². The number of amides is 1. The molecule has 0 spiro atoms. The van der Waals surface area contributed by atoms with Gasteiger partial charge < -0.3 is 11.1 Å². The molecule has 0 saturated carbocycles. The Kier molecular flexibility index (Phi) is 3.32. The van der Waals surface area contributed by atoms with Gasteiger partial charge in [-0.05, 0) is 6.92 Å². The Morgan fingerprint density at radius 2 is 2.30 bits per heavy atom. The fourth-order valence-corrected chi connectivity index (χ4v) is 0.548. The largest absolute Gasteiger partial charge is 0.369 e. The molecule has 1 amide bonds. The molecule has 10 heavy (non-hydrogen) atoms. The van der Waals surface area contributed by atoms with Crippen LogP contribution < -0.4 is 5.73 Å². The number of hydrogen-bond donors (Lipinski definition) is 2. The maximum Gasteiger partial charge on any atom is 0.231 e. The van der Waals surface area contributed by atoms with Crippen LogP contribution in [0, 0.1) is 11.3 Å². The van der Waals surface area contributed by atoms with Crippen molar-refractivity contribution in [2.75, 3.05) is 7.05 Å². The van der Waals surface area contributed by atoms with Gasteiger partial charge >= 0.3 is 0 Å². The first-order valence-electron chi connectivity index (χ1n) is 2.86. The molecule has 1 unspecified atom stereocenters. The predicted octanol–water partition coefficient (Wildman–Crippen LogP) is -0.172. The molecule has 3 N–H and O–H groups in total. The molecule has 0 aliphatic carbocycles. The van der Waals surface area contributed by atoms with E-state index in [0.717, 1.165) is 0 Å². The second kappa shape index (κ2) is 3.76. The van der Waals surface area contributed by atoms with Crippen molar-refractivity contribution < 1.29 is 4.79 Å². The van der Waals surface area contributed by atoms with E-state index in [-0.39, 0.29) is 5.71 Å². The summed E-state index contributed by atoms with van der Waals surface area (Å²) in [5, 5.41) is 7.09. The van der Waals surface area contributed by atoms with Crippen molar-refractivity contribution in [2.45, 2.75) is 6.92 Å². The molecular formula is C6H11N3O. The summed E-state index contributed by atoms with van der Waals surface area (Å²) in [6.45, 7) is 1.52. The molecule has 0 heterocycles. The molecule has 0 bridgehead atoms. The molecule has 0 radical (unpaired) electrons. The van der Waals surface area contributed by atoms with Crippen molar-refractivity contribution in [3.63, 3.8) is 0 Å². The number of rotatable bonds is 3. The summed E-state index contributed by atoms with van der Waals surface area (Å²) >= 11 is 0. The van der Waals surface area contributed by atoms with Crippen LogP contribution in [-0.2, 0) is 4.79 Å². The maximum atomic E-state index is 10.5. The van der Waals surface area contributed by atoms with E-state index < -0.39 is 11.8 Å². The minimum atomic E-state index is -0.634. The van der Waals surface area contributed by atoms with Gasteiger partial charge in [-0.25, -0.2) is 0 Å². The van der Waals surface area contributed by atoms with Crippen LogP contribution in [0.15, 0.2) is 4.99 Å². The van der Waals surface area contributed by atoms with Gasteiger partial charge in [0.25, 0.3) is 0 Å². The van der Waals surface area contributed by atoms with Crippen LogP contribution >= 0.6 is 0 Å². The van der Waals surface area contributed by atoms with E-state index in [0.29, 0.717) is 0 Å². The van der Waals surface area contributed by atoms with E-state index in [4.69, 9.17) is 11.1 Å². The molecule has 1 atom stereocenters. The van der Waals surface area contributed by atoms with E-state index in [9.17, 15) is 4.79 Å². The Labute approximate surface area is 59.6 Å². The third kappa shape index (κ3) is 2.39. The molecule has 0 aromatic rings. The van der Waals surface area contributed by atoms with E-state index in [1.165, 1.54) is 13.1 Å². The highest BCUT2D eigenvalue weighted by Crippen LogP contribution is 1.92. The van der Waals surface area contributed by atoms with Gasteiger partial charge in [-0.3, -0.25) is 9.79 Å². The molecule has 0 aliphatic heterocycles. The average Bonchev–Trinajstić information content (AvgIpc) is 1.81. The zero-order valence-electron chi connectivity index (χ0n) is 6.09. The van der Waals surface area contributed by atoms with Crippen LogP contribution in [-0.4, -0.2) is 24.9 Å². The fraction of sp³-hybridized carbons (Fsp3) is 0.500. The SMILES string of the molecule is CN=CC(C(C)=N)C(N)=O. The monoisotopic (exact) mass is 141 g/mol. The van der Waals surface area contributed by atoms with Gasteiger partial charge in [0.15, 0.2) is 0 Å². The third-order valence-corrected chi connectivity index (χ3v) is 1.07. The van der Waals surface area contributed by atoms with Gasteiger partial charge in [-0.15, -0.1) is 0 Å². The highest BCUT2D eigenvalue weighted by atomic mass is 16.1. The molecule has 4 heteroatoms. The Hall–Kier alpha value is -1.19. The van der Waals surface area contributed by atoms with Gasteiger partial charge in [0.05, 0.1) is 0 Å². The summed E-state index contributed by atoms with van der Waals surface area (Å²) in [6.07, 6.45) is 1.37. The van der Waals surface area contributed by atoms with Crippen LogP contribution in [0.4, 0.5) is 0 Å².